The zero-order chi connectivity index (χ0) is 22.7. The summed E-state index contributed by atoms with van der Waals surface area (Å²) in [6.45, 7) is 4.82. The van der Waals surface area contributed by atoms with Gasteiger partial charge in [0.2, 0.25) is 0 Å². The molecule has 1 aliphatic heterocycles. The molecule has 2 unspecified atom stereocenters. The molecule has 6 nitrogen and oxygen atoms in total. The number of carbonyl (C=O) groups excluding carboxylic acids is 1. The third-order valence-corrected chi connectivity index (χ3v) is 6.72. The Hall–Kier alpha value is -2.74. The summed E-state index contributed by atoms with van der Waals surface area (Å²) in [5.74, 6) is 5.47. The Morgan fingerprint density at radius 3 is 2.69 bits per heavy atom. The van der Waals surface area contributed by atoms with Crippen molar-refractivity contribution in [3.63, 3.8) is 0 Å². The van der Waals surface area contributed by atoms with Crippen molar-refractivity contribution in [1.82, 2.24) is 15.7 Å². The van der Waals surface area contributed by atoms with Crippen LogP contribution >= 0.6 is 12.2 Å². The molecule has 1 aliphatic rings. The molecule has 3 aromatic rings. The standard InChI is InChI=1S/C25H30N4O2S/c1-3-16-11-8-12-18-19-13-14-31-25(4-2,23(19)27-21(16)18)15-20(30)22(28-24(32)29-26)17-9-6-5-7-10-17/h5-12,22,27H,3-4,13-15,26H2,1-2H3,(H2,28,29,32). The highest BCUT2D eigenvalue weighted by atomic mass is 32.1. The molecule has 0 aliphatic carbocycles. The number of ketones is 1. The first-order valence-electron chi connectivity index (χ1n) is 11.1. The average Bonchev–Trinajstić information content (AvgIpc) is 3.23. The number of Topliss-reactive ketones (excluding diaryl/α,β-unsaturated/α-hetero) is 1. The first-order chi connectivity index (χ1) is 15.5. The van der Waals surface area contributed by atoms with Crippen LogP contribution in [-0.4, -0.2) is 22.5 Å². The van der Waals surface area contributed by atoms with Crippen LogP contribution in [0.5, 0.6) is 0 Å². The molecule has 0 bridgehead atoms. The van der Waals surface area contributed by atoms with E-state index in [0.29, 0.717) is 13.0 Å². The second kappa shape index (κ2) is 9.40. The Morgan fingerprint density at radius 1 is 1.22 bits per heavy atom. The normalized spacial score (nSPS) is 18.7. The van der Waals surface area contributed by atoms with Gasteiger partial charge < -0.3 is 20.5 Å². The number of aromatic nitrogens is 1. The number of ether oxygens (including phenoxy) is 1. The van der Waals surface area contributed by atoms with Crippen molar-refractivity contribution in [2.75, 3.05) is 6.61 Å². The van der Waals surface area contributed by atoms with E-state index < -0.39 is 11.6 Å². The molecule has 0 saturated heterocycles. The van der Waals surface area contributed by atoms with Gasteiger partial charge in [0.25, 0.3) is 0 Å². The third kappa shape index (κ3) is 4.03. The second-order valence-corrected chi connectivity index (χ2v) is 8.63. The second-order valence-electron chi connectivity index (χ2n) is 8.22. The van der Waals surface area contributed by atoms with Gasteiger partial charge in [0.05, 0.1) is 12.3 Å². The Labute approximate surface area is 193 Å². The molecule has 0 fully saturated rings. The van der Waals surface area contributed by atoms with E-state index in [1.807, 2.05) is 30.3 Å². The number of aromatic amines is 1. The van der Waals surface area contributed by atoms with Gasteiger partial charge >= 0.3 is 0 Å². The van der Waals surface area contributed by atoms with E-state index in [9.17, 15) is 4.79 Å². The van der Waals surface area contributed by atoms with Crippen molar-refractivity contribution in [2.45, 2.75) is 51.2 Å². The molecule has 1 aromatic heterocycles. The lowest BCUT2D eigenvalue weighted by molar-refractivity contribution is -0.132. The third-order valence-electron chi connectivity index (χ3n) is 6.49. The summed E-state index contributed by atoms with van der Waals surface area (Å²) in [6.07, 6.45) is 2.69. The van der Waals surface area contributed by atoms with Gasteiger partial charge in [0, 0.05) is 17.3 Å². The van der Waals surface area contributed by atoms with E-state index in [1.54, 1.807) is 0 Å². The number of hydrogen-bond donors (Lipinski definition) is 4. The van der Waals surface area contributed by atoms with Crippen molar-refractivity contribution >= 4 is 34.0 Å². The highest BCUT2D eigenvalue weighted by Gasteiger charge is 2.42. The number of thiocarbonyl (C=S) groups is 1. The topological polar surface area (TPSA) is 92.2 Å². The number of hydrazine groups is 1. The number of rotatable bonds is 7. The highest BCUT2D eigenvalue weighted by molar-refractivity contribution is 7.80. The van der Waals surface area contributed by atoms with Crippen LogP contribution in [0.2, 0.25) is 0 Å². The summed E-state index contributed by atoms with van der Waals surface area (Å²) in [6, 6.07) is 15.4. The molecule has 0 spiro atoms. The maximum Gasteiger partial charge on any atom is 0.181 e. The maximum absolute atomic E-state index is 13.7. The number of hydrogen-bond acceptors (Lipinski definition) is 4. The van der Waals surface area contributed by atoms with Crippen LogP contribution in [0.25, 0.3) is 10.9 Å². The van der Waals surface area contributed by atoms with Crippen molar-refractivity contribution in [2.24, 2.45) is 5.84 Å². The first kappa shape index (κ1) is 22.5. The van der Waals surface area contributed by atoms with E-state index in [1.165, 1.54) is 16.5 Å². The molecule has 0 saturated carbocycles. The predicted molar refractivity (Wildman–Crippen MR) is 131 cm³/mol. The van der Waals surface area contributed by atoms with Crippen LogP contribution < -0.4 is 16.6 Å². The molecular formula is C25H30N4O2S. The monoisotopic (exact) mass is 450 g/mol. The molecular weight excluding hydrogens is 420 g/mol. The van der Waals surface area contributed by atoms with E-state index in [-0.39, 0.29) is 17.3 Å². The SMILES string of the molecule is CCc1cccc2c3c([nH]c12)C(CC)(CC(=O)C(NC(=S)NN)c1ccccc1)OCC3. The average molecular weight is 451 g/mol. The lowest BCUT2D eigenvalue weighted by Gasteiger charge is -2.37. The van der Waals surface area contributed by atoms with Gasteiger partial charge in [-0.25, -0.2) is 5.84 Å². The van der Waals surface area contributed by atoms with Gasteiger partial charge in [0.15, 0.2) is 10.9 Å². The van der Waals surface area contributed by atoms with Crippen molar-refractivity contribution in [3.8, 4) is 0 Å². The van der Waals surface area contributed by atoms with E-state index >= 15 is 0 Å². The Morgan fingerprint density at radius 2 is 2.00 bits per heavy atom. The molecule has 4 rings (SSSR count). The molecule has 7 heteroatoms. The molecule has 168 valence electrons. The van der Waals surface area contributed by atoms with Gasteiger partial charge in [-0.05, 0) is 48.2 Å². The van der Waals surface area contributed by atoms with E-state index in [0.717, 1.165) is 29.6 Å². The van der Waals surface area contributed by atoms with Crippen LogP contribution in [0.3, 0.4) is 0 Å². The zero-order valence-electron chi connectivity index (χ0n) is 18.5. The Bertz CT molecular complexity index is 1130. The number of carbonyl (C=O) groups is 1. The van der Waals surface area contributed by atoms with Crippen LogP contribution in [0.1, 0.15) is 55.1 Å². The summed E-state index contributed by atoms with van der Waals surface area (Å²) >= 11 is 5.21. The molecule has 5 N–H and O–H groups in total. The van der Waals surface area contributed by atoms with Crippen LogP contribution in [0.15, 0.2) is 48.5 Å². The minimum Gasteiger partial charge on any atom is -0.368 e. The molecule has 0 amide bonds. The van der Waals surface area contributed by atoms with Crippen molar-refractivity contribution in [3.05, 3.63) is 70.9 Å². The van der Waals surface area contributed by atoms with E-state index in [4.69, 9.17) is 22.8 Å². The Kier molecular flexibility index (Phi) is 6.60. The summed E-state index contributed by atoms with van der Waals surface area (Å²) in [4.78, 5) is 17.3. The van der Waals surface area contributed by atoms with Crippen molar-refractivity contribution in [1.29, 1.82) is 0 Å². The van der Waals surface area contributed by atoms with Crippen LogP contribution in [-0.2, 0) is 28.0 Å². The summed E-state index contributed by atoms with van der Waals surface area (Å²) < 4.78 is 6.38. The quantitative estimate of drug-likeness (QED) is 0.248. The predicted octanol–water partition coefficient (Wildman–Crippen LogP) is 3.95. The largest absolute Gasteiger partial charge is 0.368 e. The van der Waals surface area contributed by atoms with Crippen molar-refractivity contribution < 1.29 is 9.53 Å². The fourth-order valence-electron chi connectivity index (χ4n) is 4.79. The number of nitrogens with one attached hydrogen (secondary N) is 3. The number of aryl methyl sites for hydroxylation is 1. The van der Waals surface area contributed by atoms with Crippen LogP contribution in [0.4, 0.5) is 0 Å². The summed E-state index contributed by atoms with van der Waals surface area (Å²) in [7, 11) is 0. The lowest BCUT2D eigenvalue weighted by Crippen LogP contribution is -2.45. The maximum atomic E-state index is 13.7. The number of para-hydroxylation sites is 1. The number of H-pyrrole nitrogens is 1. The summed E-state index contributed by atoms with van der Waals surface area (Å²) in [5, 5.41) is 4.52. The lowest BCUT2D eigenvalue weighted by atomic mass is 9.82. The fourth-order valence-corrected chi connectivity index (χ4v) is 4.91. The zero-order valence-corrected chi connectivity index (χ0v) is 19.4. The molecule has 32 heavy (non-hydrogen) atoms. The molecule has 2 aromatic carbocycles. The Balaban J connectivity index is 1.74. The van der Waals surface area contributed by atoms with E-state index in [2.05, 4.69) is 47.8 Å². The smallest absolute Gasteiger partial charge is 0.181 e. The van der Waals surface area contributed by atoms with Crippen LogP contribution in [0, 0.1) is 0 Å². The fraction of sp³-hybridized carbons (Fsp3) is 0.360. The molecule has 2 heterocycles. The van der Waals surface area contributed by atoms with Gasteiger partial charge in [-0.2, -0.15) is 0 Å². The minimum absolute atomic E-state index is 0.00197. The molecule has 2 atom stereocenters. The number of fused-ring (bicyclic) bond motifs is 3. The first-order valence-corrected chi connectivity index (χ1v) is 11.6. The van der Waals surface area contributed by atoms with Gasteiger partial charge in [-0.15, -0.1) is 0 Å². The highest BCUT2D eigenvalue weighted by Crippen LogP contribution is 2.43. The minimum atomic E-state index is -0.707. The molecule has 0 radical (unpaired) electrons. The number of benzene rings is 2. The van der Waals surface area contributed by atoms with Gasteiger partial charge in [-0.1, -0.05) is 62.4 Å². The number of nitrogens with two attached hydrogens (primary N) is 1. The summed E-state index contributed by atoms with van der Waals surface area (Å²) in [5.41, 5.74) is 7.27. The van der Waals surface area contributed by atoms with Gasteiger partial charge in [-0.3, -0.25) is 4.79 Å². The van der Waals surface area contributed by atoms with Gasteiger partial charge in [0.1, 0.15) is 11.6 Å².